The van der Waals surface area contributed by atoms with Gasteiger partial charge in [0.25, 0.3) is 15.7 Å². The molecule has 0 spiro atoms. The number of hydrogen-bond acceptors (Lipinski definition) is 9. The van der Waals surface area contributed by atoms with Crippen LogP contribution in [0.5, 0.6) is 11.5 Å². The maximum atomic E-state index is 13.1. The molecule has 0 aromatic heterocycles. The Morgan fingerprint density at radius 3 is 2.51 bits per heavy atom. The topological polar surface area (TPSA) is 169 Å². The van der Waals surface area contributed by atoms with Crippen LogP contribution in [0, 0.1) is 10.1 Å². The molecular formula is C22H18N4O8S. The number of carboxylic acids is 1. The van der Waals surface area contributed by atoms with Gasteiger partial charge in [-0.25, -0.2) is 13.2 Å². The lowest BCUT2D eigenvalue weighted by atomic mass is 10.2. The second kappa shape index (κ2) is 9.69. The van der Waals surface area contributed by atoms with E-state index in [1.807, 2.05) is 0 Å². The first-order valence-corrected chi connectivity index (χ1v) is 11.6. The van der Waals surface area contributed by atoms with Crippen LogP contribution in [0.1, 0.15) is 15.9 Å². The first-order chi connectivity index (χ1) is 16.7. The lowest BCUT2D eigenvalue weighted by Gasteiger charge is -2.18. The van der Waals surface area contributed by atoms with Crippen molar-refractivity contribution < 1.29 is 32.7 Å². The summed E-state index contributed by atoms with van der Waals surface area (Å²) in [7, 11) is -4.45. The van der Waals surface area contributed by atoms with Gasteiger partial charge in [0.05, 0.1) is 28.1 Å². The number of nitro benzene ring substituents is 1. The Balaban J connectivity index is 1.64. The van der Waals surface area contributed by atoms with Crippen molar-refractivity contribution in [3.05, 3.63) is 81.9 Å². The average molecular weight is 498 g/mol. The summed E-state index contributed by atoms with van der Waals surface area (Å²) in [6, 6.07) is 13.7. The number of hydrogen-bond donors (Lipinski definition) is 3. The van der Waals surface area contributed by atoms with Gasteiger partial charge in [0.15, 0.2) is 11.5 Å². The van der Waals surface area contributed by atoms with Gasteiger partial charge in [-0.15, -0.1) is 0 Å². The smallest absolute Gasteiger partial charge is 0.337 e. The molecule has 1 heterocycles. The highest BCUT2D eigenvalue weighted by Gasteiger charge is 2.24. The van der Waals surface area contributed by atoms with Crippen LogP contribution >= 0.6 is 0 Å². The fourth-order valence-corrected chi connectivity index (χ4v) is 4.47. The standard InChI is InChI=1S/C22H18N4O8S/c27-22(28)16-3-1-2-4-17(16)25-35(31,32)21-12-15(26(29)30)6-7-18(21)24-23-13-14-5-8-19-20(11-14)34-10-9-33-19/h1-8,11-13,24-25H,9-10H2,(H,27,28)/b23-13+. The summed E-state index contributed by atoms with van der Waals surface area (Å²) in [5.41, 5.74) is 2.18. The maximum absolute atomic E-state index is 13.1. The summed E-state index contributed by atoms with van der Waals surface area (Å²) in [6.07, 6.45) is 1.41. The summed E-state index contributed by atoms with van der Waals surface area (Å²) < 4.78 is 39.4. The minimum Gasteiger partial charge on any atom is -0.486 e. The molecule has 0 saturated heterocycles. The number of ether oxygens (including phenoxy) is 2. The molecule has 0 amide bonds. The first-order valence-electron chi connectivity index (χ1n) is 10.1. The van der Waals surface area contributed by atoms with Gasteiger partial charge in [-0.1, -0.05) is 12.1 Å². The number of fused-ring (bicyclic) bond motifs is 1. The van der Waals surface area contributed by atoms with Crippen molar-refractivity contribution in [1.82, 2.24) is 0 Å². The number of non-ortho nitro benzene ring substituents is 1. The van der Waals surface area contributed by atoms with E-state index >= 15 is 0 Å². The Labute approximate surface area is 199 Å². The third kappa shape index (κ3) is 5.30. The number of carboxylic acid groups (broad SMARTS) is 1. The average Bonchev–Trinajstić information content (AvgIpc) is 2.84. The monoisotopic (exact) mass is 498 g/mol. The molecule has 1 aliphatic heterocycles. The van der Waals surface area contributed by atoms with Crippen LogP contribution in [-0.4, -0.2) is 43.8 Å². The Kier molecular flexibility index (Phi) is 6.51. The van der Waals surface area contributed by atoms with Crippen LogP contribution in [0.3, 0.4) is 0 Å². The number of para-hydroxylation sites is 1. The van der Waals surface area contributed by atoms with Gasteiger partial charge in [-0.2, -0.15) is 5.10 Å². The fraction of sp³-hybridized carbons (Fsp3) is 0.0909. The fourth-order valence-electron chi connectivity index (χ4n) is 3.21. The quantitative estimate of drug-likeness (QED) is 0.239. The summed E-state index contributed by atoms with van der Waals surface area (Å²) >= 11 is 0. The van der Waals surface area contributed by atoms with Crippen molar-refractivity contribution in [2.45, 2.75) is 4.90 Å². The number of aromatic carboxylic acids is 1. The Hall–Kier alpha value is -4.65. The minimum atomic E-state index is -4.45. The summed E-state index contributed by atoms with van der Waals surface area (Å²) in [5, 5.41) is 24.6. The molecule has 0 saturated carbocycles. The minimum absolute atomic E-state index is 0.0651. The van der Waals surface area contributed by atoms with Gasteiger partial charge >= 0.3 is 5.97 Å². The molecule has 0 bridgehead atoms. The summed E-state index contributed by atoms with van der Waals surface area (Å²) in [5.74, 6) is -0.206. The third-order valence-corrected chi connectivity index (χ3v) is 6.24. The normalized spacial score (nSPS) is 12.8. The predicted molar refractivity (Wildman–Crippen MR) is 126 cm³/mol. The number of benzene rings is 3. The molecule has 180 valence electrons. The lowest BCUT2D eigenvalue weighted by molar-refractivity contribution is -0.385. The van der Waals surface area contributed by atoms with Crippen molar-refractivity contribution in [2.75, 3.05) is 23.4 Å². The Morgan fingerprint density at radius 1 is 1.03 bits per heavy atom. The first kappa shape index (κ1) is 23.5. The van der Waals surface area contributed by atoms with Gasteiger partial charge in [0, 0.05) is 12.1 Å². The van der Waals surface area contributed by atoms with Crippen LogP contribution < -0.4 is 19.6 Å². The zero-order valence-electron chi connectivity index (χ0n) is 17.9. The second-order valence-corrected chi connectivity index (χ2v) is 8.82. The highest BCUT2D eigenvalue weighted by molar-refractivity contribution is 7.93. The van der Waals surface area contributed by atoms with E-state index in [1.165, 1.54) is 36.5 Å². The molecular weight excluding hydrogens is 480 g/mol. The van der Waals surface area contributed by atoms with Gasteiger partial charge in [-0.05, 0) is 42.0 Å². The van der Waals surface area contributed by atoms with E-state index in [-0.39, 0.29) is 16.9 Å². The molecule has 0 unspecified atom stereocenters. The number of rotatable bonds is 8. The van der Waals surface area contributed by atoms with Crippen molar-refractivity contribution in [3.63, 3.8) is 0 Å². The maximum Gasteiger partial charge on any atom is 0.337 e. The molecule has 0 aliphatic carbocycles. The third-order valence-electron chi connectivity index (χ3n) is 4.83. The largest absolute Gasteiger partial charge is 0.486 e. The van der Waals surface area contributed by atoms with Crippen LogP contribution in [0.25, 0.3) is 0 Å². The van der Waals surface area contributed by atoms with Crippen LogP contribution in [0.4, 0.5) is 17.1 Å². The van der Waals surface area contributed by atoms with E-state index < -0.39 is 31.5 Å². The molecule has 0 radical (unpaired) electrons. The highest BCUT2D eigenvalue weighted by Crippen LogP contribution is 2.31. The van der Waals surface area contributed by atoms with E-state index in [9.17, 15) is 28.4 Å². The molecule has 0 fully saturated rings. The van der Waals surface area contributed by atoms with Crippen molar-refractivity contribution in [1.29, 1.82) is 0 Å². The molecule has 3 aromatic carbocycles. The van der Waals surface area contributed by atoms with E-state index in [2.05, 4.69) is 15.2 Å². The van der Waals surface area contributed by atoms with E-state index in [0.717, 1.165) is 12.1 Å². The summed E-state index contributed by atoms with van der Waals surface area (Å²) in [6.45, 7) is 0.859. The molecule has 0 atom stereocenters. The number of hydrazone groups is 1. The van der Waals surface area contributed by atoms with E-state index in [4.69, 9.17) is 9.47 Å². The number of carbonyl (C=O) groups is 1. The van der Waals surface area contributed by atoms with Gasteiger partial charge in [0.1, 0.15) is 18.1 Å². The lowest BCUT2D eigenvalue weighted by Crippen LogP contribution is -2.17. The zero-order chi connectivity index (χ0) is 25.0. The molecule has 12 nitrogen and oxygen atoms in total. The van der Waals surface area contributed by atoms with Crippen LogP contribution in [0.2, 0.25) is 0 Å². The Morgan fingerprint density at radius 2 is 1.77 bits per heavy atom. The van der Waals surface area contributed by atoms with Crippen molar-refractivity contribution in [2.24, 2.45) is 5.10 Å². The number of anilines is 2. The SMILES string of the molecule is O=C(O)c1ccccc1NS(=O)(=O)c1cc([N+](=O)[O-])ccc1N/N=C/c1ccc2c(c1)OCCO2. The number of nitro groups is 1. The zero-order valence-corrected chi connectivity index (χ0v) is 18.7. The Bertz CT molecular complexity index is 1440. The van der Waals surface area contributed by atoms with Gasteiger partial charge in [-0.3, -0.25) is 20.3 Å². The second-order valence-electron chi connectivity index (χ2n) is 7.17. The van der Waals surface area contributed by atoms with E-state index in [0.29, 0.717) is 30.3 Å². The predicted octanol–water partition coefficient (Wildman–Crippen LogP) is 3.31. The summed E-state index contributed by atoms with van der Waals surface area (Å²) in [4.78, 5) is 21.5. The number of nitrogens with zero attached hydrogens (tertiary/aromatic N) is 2. The molecule has 4 rings (SSSR count). The number of sulfonamides is 1. The van der Waals surface area contributed by atoms with Gasteiger partial charge < -0.3 is 14.6 Å². The van der Waals surface area contributed by atoms with Gasteiger partial charge in [0.2, 0.25) is 0 Å². The highest BCUT2D eigenvalue weighted by atomic mass is 32.2. The van der Waals surface area contributed by atoms with Crippen molar-refractivity contribution in [3.8, 4) is 11.5 Å². The molecule has 35 heavy (non-hydrogen) atoms. The molecule has 1 aliphatic rings. The van der Waals surface area contributed by atoms with E-state index in [1.54, 1.807) is 18.2 Å². The number of nitrogens with one attached hydrogen (secondary N) is 2. The van der Waals surface area contributed by atoms with Crippen LogP contribution in [0.15, 0.2) is 70.7 Å². The molecule has 13 heteroatoms. The van der Waals surface area contributed by atoms with Crippen LogP contribution in [-0.2, 0) is 10.0 Å². The molecule has 3 N–H and O–H groups in total. The molecule has 3 aromatic rings. The van der Waals surface area contributed by atoms with Crippen molar-refractivity contribution >= 4 is 39.3 Å².